The van der Waals surface area contributed by atoms with Crippen LogP contribution in [0.15, 0.2) is 46.9 Å². The molecule has 146 valence electrons. The van der Waals surface area contributed by atoms with E-state index in [0.717, 1.165) is 18.2 Å². The fourth-order valence-corrected chi connectivity index (χ4v) is 3.21. The molecule has 3 rings (SSSR count). The molecule has 1 aromatic heterocycles. The number of ketones is 1. The Morgan fingerprint density at radius 2 is 1.82 bits per heavy atom. The average Bonchev–Trinajstić information content (AvgIpc) is 3.07. The number of ether oxygens (including phenoxy) is 1. The Bertz CT molecular complexity index is 988. The molecule has 0 aliphatic heterocycles. The van der Waals surface area contributed by atoms with E-state index < -0.39 is 5.97 Å². The molecule has 0 unspecified atom stereocenters. The number of furan rings is 1. The second-order valence-electron chi connectivity index (χ2n) is 6.41. The van der Waals surface area contributed by atoms with Gasteiger partial charge in [0.15, 0.2) is 5.78 Å². The number of aromatic carboxylic acids is 1. The van der Waals surface area contributed by atoms with Crippen LogP contribution >= 0.6 is 15.9 Å². The van der Waals surface area contributed by atoms with Crippen LogP contribution in [0.25, 0.3) is 11.0 Å². The quantitative estimate of drug-likeness (QED) is 0.349. The lowest BCUT2D eigenvalue weighted by atomic mass is 9.97. The lowest BCUT2D eigenvalue weighted by molar-refractivity contribution is 0.0696. The summed E-state index contributed by atoms with van der Waals surface area (Å²) < 4.78 is 11.4. The lowest BCUT2D eigenvalue weighted by Gasteiger charge is -2.06. The van der Waals surface area contributed by atoms with Crippen LogP contribution in [0.1, 0.15) is 51.8 Å². The van der Waals surface area contributed by atoms with Gasteiger partial charge in [-0.15, -0.1) is 0 Å². The zero-order chi connectivity index (χ0) is 20.1. The lowest BCUT2D eigenvalue weighted by Crippen LogP contribution is -2.05. The summed E-state index contributed by atoms with van der Waals surface area (Å²) in [6.07, 6.45) is 2.47. The molecule has 1 heterocycles. The summed E-state index contributed by atoms with van der Waals surface area (Å²) >= 11 is 3.31. The fourth-order valence-electron chi connectivity index (χ4n) is 3.05. The number of fused-ring (bicyclic) bond motifs is 1. The first-order chi connectivity index (χ1) is 13.5. The van der Waals surface area contributed by atoms with Crippen molar-refractivity contribution in [3.05, 3.63) is 64.9 Å². The third-order valence-corrected chi connectivity index (χ3v) is 4.78. The van der Waals surface area contributed by atoms with Gasteiger partial charge in [0.05, 0.1) is 17.7 Å². The van der Waals surface area contributed by atoms with E-state index in [1.54, 1.807) is 30.3 Å². The minimum atomic E-state index is -1.04. The van der Waals surface area contributed by atoms with Crippen molar-refractivity contribution in [2.24, 2.45) is 0 Å². The van der Waals surface area contributed by atoms with E-state index in [1.807, 2.05) is 0 Å². The van der Waals surface area contributed by atoms with Gasteiger partial charge >= 0.3 is 5.97 Å². The van der Waals surface area contributed by atoms with Gasteiger partial charge in [-0.1, -0.05) is 29.3 Å². The van der Waals surface area contributed by atoms with Crippen LogP contribution in [0.5, 0.6) is 5.75 Å². The van der Waals surface area contributed by atoms with Gasteiger partial charge in [0.2, 0.25) is 0 Å². The number of unbranched alkanes of at least 4 members (excludes halogenated alkanes) is 1. The molecular weight excluding hydrogens is 424 g/mol. The van der Waals surface area contributed by atoms with Crippen molar-refractivity contribution in [2.75, 3.05) is 11.9 Å². The Hall–Kier alpha value is -2.60. The number of hydrogen-bond donors (Lipinski definition) is 1. The molecule has 0 saturated carbocycles. The highest BCUT2D eigenvalue weighted by molar-refractivity contribution is 9.09. The number of halogens is 1. The first-order valence-electron chi connectivity index (χ1n) is 9.17. The Labute approximate surface area is 171 Å². The summed E-state index contributed by atoms with van der Waals surface area (Å²) in [7, 11) is 0. The highest BCUT2D eigenvalue weighted by atomic mass is 79.9. The summed E-state index contributed by atoms with van der Waals surface area (Å²) in [5.74, 6) is 0.0701. The minimum absolute atomic E-state index is 0.128. The van der Waals surface area contributed by atoms with Crippen molar-refractivity contribution >= 4 is 38.7 Å². The van der Waals surface area contributed by atoms with E-state index in [1.165, 1.54) is 12.1 Å². The van der Waals surface area contributed by atoms with Crippen molar-refractivity contribution in [3.8, 4) is 5.75 Å². The second-order valence-corrected chi connectivity index (χ2v) is 7.20. The SMILES string of the molecule is CCCCc1oc2ccc(C(=O)O)cc2c1C(=O)c1ccc(OCCBr)cc1. The first kappa shape index (κ1) is 20.1. The number of rotatable bonds is 9. The van der Waals surface area contributed by atoms with E-state index in [9.17, 15) is 14.7 Å². The highest BCUT2D eigenvalue weighted by Crippen LogP contribution is 2.31. The van der Waals surface area contributed by atoms with Gasteiger partial charge in [0.25, 0.3) is 0 Å². The number of hydrogen-bond acceptors (Lipinski definition) is 4. The maximum atomic E-state index is 13.3. The van der Waals surface area contributed by atoms with Gasteiger partial charge in [0.1, 0.15) is 17.1 Å². The Balaban J connectivity index is 2.04. The smallest absolute Gasteiger partial charge is 0.335 e. The molecule has 5 nitrogen and oxygen atoms in total. The molecule has 0 aliphatic carbocycles. The van der Waals surface area contributed by atoms with E-state index in [2.05, 4.69) is 22.9 Å². The molecule has 2 aromatic carbocycles. The Morgan fingerprint density at radius 1 is 1.11 bits per heavy atom. The predicted octanol–water partition coefficient (Wildman–Crippen LogP) is 5.48. The molecule has 6 heteroatoms. The molecule has 28 heavy (non-hydrogen) atoms. The van der Waals surface area contributed by atoms with Crippen molar-refractivity contribution in [2.45, 2.75) is 26.2 Å². The van der Waals surface area contributed by atoms with Crippen LogP contribution in [0, 0.1) is 0 Å². The van der Waals surface area contributed by atoms with E-state index in [-0.39, 0.29) is 11.3 Å². The number of alkyl halides is 1. The molecule has 1 N–H and O–H groups in total. The maximum Gasteiger partial charge on any atom is 0.335 e. The van der Waals surface area contributed by atoms with Crippen LogP contribution in [0.4, 0.5) is 0 Å². The van der Waals surface area contributed by atoms with E-state index >= 15 is 0 Å². The largest absolute Gasteiger partial charge is 0.493 e. The number of aryl methyl sites for hydroxylation is 1. The van der Waals surface area contributed by atoms with Crippen LogP contribution in [0.3, 0.4) is 0 Å². The van der Waals surface area contributed by atoms with Crippen LogP contribution in [-0.4, -0.2) is 28.8 Å². The van der Waals surface area contributed by atoms with Gasteiger partial charge in [-0.2, -0.15) is 0 Å². The molecular formula is C22H21BrO5. The van der Waals surface area contributed by atoms with Crippen LogP contribution in [-0.2, 0) is 6.42 Å². The fraction of sp³-hybridized carbons (Fsp3) is 0.273. The predicted molar refractivity (Wildman–Crippen MR) is 111 cm³/mol. The second kappa shape index (κ2) is 9.06. The van der Waals surface area contributed by atoms with Crippen LogP contribution < -0.4 is 4.74 Å². The van der Waals surface area contributed by atoms with Gasteiger partial charge in [-0.3, -0.25) is 4.79 Å². The summed E-state index contributed by atoms with van der Waals surface area (Å²) in [5, 5.41) is 10.6. The van der Waals surface area contributed by atoms with Crippen molar-refractivity contribution in [3.63, 3.8) is 0 Å². The average molecular weight is 445 g/mol. The van der Waals surface area contributed by atoms with E-state index in [4.69, 9.17) is 9.15 Å². The third kappa shape index (κ3) is 4.28. The van der Waals surface area contributed by atoms with Crippen LogP contribution in [0.2, 0.25) is 0 Å². The van der Waals surface area contributed by atoms with Gasteiger partial charge < -0.3 is 14.3 Å². The molecule has 3 aromatic rings. The molecule has 0 radical (unpaired) electrons. The molecule has 0 aliphatic rings. The molecule has 0 saturated heterocycles. The topological polar surface area (TPSA) is 76.7 Å². The zero-order valence-electron chi connectivity index (χ0n) is 15.5. The Morgan fingerprint density at radius 3 is 2.46 bits per heavy atom. The zero-order valence-corrected chi connectivity index (χ0v) is 17.1. The number of carbonyl (C=O) groups excluding carboxylic acids is 1. The number of carbonyl (C=O) groups is 2. The van der Waals surface area contributed by atoms with Crippen molar-refractivity contribution < 1.29 is 23.8 Å². The summed E-state index contributed by atoms with van der Waals surface area (Å²) in [4.78, 5) is 24.6. The van der Waals surface area contributed by atoms with Crippen molar-refractivity contribution in [1.82, 2.24) is 0 Å². The number of carboxylic acids is 1. The summed E-state index contributed by atoms with van der Waals surface area (Å²) in [5.41, 5.74) is 1.60. The first-order valence-corrected chi connectivity index (χ1v) is 10.3. The van der Waals surface area contributed by atoms with E-state index in [0.29, 0.717) is 46.6 Å². The molecule has 0 amide bonds. The Kier molecular flexibility index (Phi) is 6.52. The minimum Gasteiger partial charge on any atom is -0.493 e. The normalized spacial score (nSPS) is 10.9. The van der Waals surface area contributed by atoms with Gasteiger partial charge in [-0.05, 0) is 48.9 Å². The molecule has 0 fully saturated rings. The third-order valence-electron chi connectivity index (χ3n) is 4.45. The highest BCUT2D eigenvalue weighted by Gasteiger charge is 2.23. The monoisotopic (exact) mass is 444 g/mol. The molecule has 0 spiro atoms. The molecule has 0 atom stereocenters. The number of carboxylic acid groups (broad SMARTS) is 1. The summed E-state index contributed by atoms with van der Waals surface area (Å²) in [6.45, 7) is 2.61. The standard InChI is InChI=1S/C22H21BrO5/c1-2-3-4-19-20(17-13-15(22(25)26)7-10-18(17)28-19)21(24)14-5-8-16(9-6-14)27-12-11-23/h5-10,13H,2-4,11-12H2,1H3,(H,25,26). The molecule has 0 bridgehead atoms. The van der Waals surface area contributed by atoms with Crippen molar-refractivity contribution in [1.29, 1.82) is 0 Å². The number of benzene rings is 2. The summed E-state index contributed by atoms with van der Waals surface area (Å²) in [6, 6.07) is 11.6. The van der Waals surface area contributed by atoms with Gasteiger partial charge in [-0.25, -0.2) is 4.79 Å². The maximum absolute atomic E-state index is 13.3. The van der Waals surface area contributed by atoms with Gasteiger partial charge in [0, 0.05) is 22.7 Å².